The molecule has 40 heavy (non-hydrogen) atoms. The summed E-state index contributed by atoms with van der Waals surface area (Å²) in [7, 11) is 1.68. The van der Waals surface area contributed by atoms with Crippen molar-refractivity contribution in [2.45, 2.75) is 26.2 Å². The molecule has 5 aromatic rings. The van der Waals surface area contributed by atoms with Crippen LogP contribution in [0.5, 0.6) is 11.6 Å². The van der Waals surface area contributed by atoms with Gasteiger partial charge in [0.2, 0.25) is 5.88 Å². The Balaban J connectivity index is 1.63. The minimum atomic E-state index is -4.64. The second-order valence-corrected chi connectivity index (χ2v) is 9.98. The number of thiophene rings is 1. The molecule has 0 saturated carbocycles. The maximum absolute atomic E-state index is 12.9. The molecule has 206 valence electrons. The van der Waals surface area contributed by atoms with Gasteiger partial charge in [0, 0.05) is 59.7 Å². The summed E-state index contributed by atoms with van der Waals surface area (Å²) < 4.78 is 48.0. The first-order valence-corrected chi connectivity index (χ1v) is 12.4. The standard InChI is InChI=1S/C25H19F3N6O5S/c1-14-9-15(34(37)38)10-18(22(14)39-21-4-7-30-31(21)2)17-3-6-29-19-11-16(40-23(17)19)12-33-20(35)5-8-32(24(33)36)13-25(26,27)28/h3-11H,12-13H2,1-2H3. The van der Waals surface area contributed by atoms with Gasteiger partial charge >= 0.3 is 11.9 Å². The van der Waals surface area contributed by atoms with Crippen LogP contribution in [0.3, 0.4) is 0 Å². The average Bonchev–Trinajstić information content (AvgIpc) is 3.49. The van der Waals surface area contributed by atoms with Crippen LogP contribution < -0.4 is 16.0 Å². The van der Waals surface area contributed by atoms with Crippen molar-refractivity contribution in [3.8, 4) is 22.8 Å². The molecule has 0 fully saturated rings. The minimum Gasteiger partial charge on any atom is -0.438 e. The summed E-state index contributed by atoms with van der Waals surface area (Å²) in [5.74, 6) is 0.750. The zero-order valence-electron chi connectivity index (χ0n) is 20.9. The SMILES string of the molecule is Cc1cc([N+](=O)[O-])cc(-c2ccnc3cc(Cn4c(=O)ccn(CC(F)(F)F)c4=O)sc23)c1Oc1ccnn1C. The molecule has 0 bridgehead atoms. The van der Waals surface area contributed by atoms with E-state index in [9.17, 15) is 32.9 Å². The van der Waals surface area contributed by atoms with E-state index >= 15 is 0 Å². The number of fused-ring (bicyclic) bond motifs is 1. The van der Waals surface area contributed by atoms with E-state index in [1.807, 2.05) is 0 Å². The molecule has 11 nitrogen and oxygen atoms in total. The van der Waals surface area contributed by atoms with E-state index in [1.54, 1.807) is 38.4 Å². The highest BCUT2D eigenvalue weighted by Crippen LogP contribution is 2.43. The number of alkyl halides is 3. The molecule has 0 atom stereocenters. The monoisotopic (exact) mass is 572 g/mol. The van der Waals surface area contributed by atoms with Gasteiger partial charge in [0.25, 0.3) is 11.2 Å². The molecule has 1 aromatic carbocycles. The maximum Gasteiger partial charge on any atom is 0.406 e. The van der Waals surface area contributed by atoms with Gasteiger partial charge in [-0.1, -0.05) is 0 Å². The number of pyridine rings is 1. The minimum absolute atomic E-state index is 0.160. The van der Waals surface area contributed by atoms with Crippen molar-refractivity contribution in [1.29, 1.82) is 0 Å². The predicted octanol–water partition coefficient (Wildman–Crippen LogP) is 4.64. The molecule has 0 N–H and O–H groups in total. The number of hydrogen-bond acceptors (Lipinski definition) is 8. The summed E-state index contributed by atoms with van der Waals surface area (Å²) in [5.41, 5.74) is -0.112. The first-order valence-electron chi connectivity index (χ1n) is 11.6. The molecule has 4 heterocycles. The van der Waals surface area contributed by atoms with Crippen LogP contribution in [0.25, 0.3) is 21.3 Å². The molecule has 0 spiro atoms. The fraction of sp³-hybridized carbons (Fsp3) is 0.200. The van der Waals surface area contributed by atoms with Crippen LogP contribution in [-0.2, 0) is 20.1 Å². The normalized spacial score (nSPS) is 11.7. The number of rotatable bonds is 7. The van der Waals surface area contributed by atoms with E-state index in [4.69, 9.17) is 4.74 Å². The smallest absolute Gasteiger partial charge is 0.406 e. The Morgan fingerprint density at radius 3 is 2.55 bits per heavy atom. The number of aromatic nitrogens is 5. The number of ether oxygens (including phenoxy) is 1. The summed E-state index contributed by atoms with van der Waals surface area (Å²) in [6.45, 7) is -0.146. The summed E-state index contributed by atoms with van der Waals surface area (Å²) in [6.07, 6.45) is -0.789. The maximum atomic E-state index is 12.9. The molecule has 4 aromatic heterocycles. The van der Waals surface area contributed by atoms with Crippen LogP contribution in [0.15, 0.2) is 64.6 Å². The van der Waals surface area contributed by atoms with Gasteiger partial charge < -0.3 is 4.74 Å². The van der Waals surface area contributed by atoms with Crippen molar-refractivity contribution in [3.63, 3.8) is 0 Å². The Bertz CT molecular complexity index is 1890. The van der Waals surface area contributed by atoms with Crippen LogP contribution in [0, 0.1) is 17.0 Å². The molecule has 0 radical (unpaired) electrons. The highest BCUT2D eigenvalue weighted by molar-refractivity contribution is 7.19. The molecule has 5 rings (SSSR count). The third kappa shape index (κ3) is 5.22. The summed E-state index contributed by atoms with van der Waals surface area (Å²) >= 11 is 1.15. The number of hydrogen-bond donors (Lipinski definition) is 0. The zero-order valence-corrected chi connectivity index (χ0v) is 21.7. The van der Waals surface area contributed by atoms with Gasteiger partial charge in [-0.2, -0.15) is 18.3 Å². The van der Waals surface area contributed by atoms with Crippen molar-refractivity contribution >= 4 is 27.2 Å². The van der Waals surface area contributed by atoms with Gasteiger partial charge in [-0.25, -0.2) is 9.48 Å². The number of halogens is 3. The molecule has 0 aliphatic heterocycles. The number of benzene rings is 1. The molecule has 0 unspecified atom stereocenters. The second kappa shape index (κ2) is 10.1. The number of nitro benzene ring substituents is 1. The Hall–Kier alpha value is -4.79. The van der Waals surface area contributed by atoms with Crippen molar-refractivity contribution in [1.82, 2.24) is 23.9 Å². The van der Waals surface area contributed by atoms with E-state index in [-0.39, 0.29) is 12.2 Å². The molecular formula is C25H19F3N6O5S. The average molecular weight is 573 g/mol. The highest BCUT2D eigenvalue weighted by Gasteiger charge is 2.29. The van der Waals surface area contributed by atoms with E-state index in [0.29, 0.717) is 52.5 Å². The van der Waals surface area contributed by atoms with Gasteiger partial charge in [0.15, 0.2) is 0 Å². The lowest BCUT2D eigenvalue weighted by atomic mass is 10.0. The van der Waals surface area contributed by atoms with E-state index in [1.165, 1.54) is 23.0 Å². The Labute approximate surface area is 226 Å². The van der Waals surface area contributed by atoms with Gasteiger partial charge in [0.1, 0.15) is 12.3 Å². The first kappa shape index (κ1) is 26.8. The quantitative estimate of drug-likeness (QED) is 0.205. The van der Waals surface area contributed by atoms with Crippen molar-refractivity contribution in [2.24, 2.45) is 7.05 Å². The number of non-ortho nitro benzene ring substituents is 1. The van der Waals surface area contributed by atoms with Gasteiger partial charge in [-0.05, 0) is 24.6 Å². The van der Waals surface area contributed by atoms with Gasteiger partial charge in [0.05, 0.1) is 27.9 Å². The lowest BCUT2D eigenvalue weighted by Crippen LogP contribution is -2.41. The van der Waals surface area contributed by atoms with Crippen molar-refractivity contribution in [2.75, 3.05) is 0 Å². The zero-order chi connectivity index (χ0) is 28.8. The molecule has 0 aliphatic rings. The Morgan fingerprint density at radius 2 is 1.88 bits per heavy atom. The highest BCUT2D eigenvalue weighted by atomic mass is 32.1. The lowest BCUT2D eigenvalue weighted by Gasteiger charge is -2.14. The summed E-state index contributed by atoms with van der Waals surface area (Å²) in [5, 5.41) is 15.8. The third-order valence-electron chi connectivity index (χ3n) is 6.01. The molecular weight excluding hydrogens is 553 g/mol. The fourth-order valence-corrected chi connectivity index (χ4v) is 5.34. The van der Waals surface area contributed by atoms with E-state index < -0.39 is 28.9 Å². The fourth-order valence-electron chi connectivity index (χ4n) is 4.21. The van der Waals surface area contributed by atoms with Gasteiger partial charge in [-0.3, -0.25) is 29.0 Å². The lowest BCUT2D eigenvalue weighted by molar-refractivity contribution is -0.384. The summed E-state index contributed by atoms with van der Waals surface area (Å²) in [4.78, 5) is 41.0. The van der Waals surface area contributed by atoms with Crippen LogP contribution in [0.2, 0.25) is 0 Å². The first-order chi connectivity index (χ1) is 18.9. The Morgan fingerprint density at radius 1 is 1.10 bits per heavy atom. The predicted molar refractivity (Wildman–Crippen MR) is 140 cm³/mol. The van der Waals surface area contributed by atoms with Crippen molar-refractivity contribution < 1.29 is 22.8 Å². The van der Waals surface area contributed by atoms with Crippen LogP contribution in [0.1, 0.15) is 10.4 Å². The van der Waals surface area contributed by atoms with E-state index in [0.717, 1.165) is 23.6 Å². The molecule has 0 amide bonds. The molecule has 15 heteroatoms. The number of nitro groups is 1. The topological polar surface area (TPSA) is 127 Å². The van der Waals surface area contributed by atoms with Gasteiger partial charge in [-0.15, -0.1) is 11.3 Å². The second-order valence-electron chi connectivity index (χ2n) is 8.84. The number of aryl methyl sites for hydroxylation is 2. The largest absolute Gasteiger partial charge is 0.438 e. The molecule has 0 aliphatic carbocycles. The van der Waals surface area contributed by atoms with E-state index in [2.05, 4.69) is 10.1 Å². The summed E-state index contributed by atoms with van der Waals surface area (Å²) in [6, 6.07) is 8.58. The van der Waals surface area contributed by atoms with Crippen LogP contribution >= 0.6 is 11.3 Å². The van der Waals surface area contributed by atoms with Crippen molar-refractivity contribution in [3.05, 3.63) is 96.4 Å². The van der Waals surface area contributed by atoms with Crippen LogP contribution in [0.4, 0.5) is 18.9 Å². The Kier molecular flexibility index (Phi) is 6.75. The third-order valence-corrected chi connectivity index (χ3v) is 7.15. The number of nitrogens with zero attached hydrogens (tertiary/aromatic N) is 6. The molecule has 0 saturated heterocycles. The van der Waals surface area contributed by atoms with Crippen LogP contribution in [-0.4, -0.2) is 35.0 Å².